The molecule has 0 saturated heterocycles. The molecule has 128 valence electrons. The third-order valence-corrected chi connectivity index (χ3v) is 3.85. The minimum atomic E-state index is -4.38. The van der Waals surface area contributed by atoms with Gasteiger partial charge in [0.05, 0.1) is 18.7 Å². The summed E-state index contributed by atoms with van der Waals surface area (Å²) < 4.78 is 40.0. The first-order valence-corrected chi connectivity index (χ1v) is 7.22. The molecule has 0 radical (unpaired) electrons. The van der Waals surface area contributed by atoms with Crippen molar-refractivity contribution >= 4 is 11.9 Å². The number of halogens is 3. The van der Waals surface area contributed by atoms with Crippen LogP contribution in [-0.2, 0) is 22.7 Å². The van der Waals surface area contributed by atoms with E-state index in [2.05, 4.69) is 15.6 Å². The molecule has 1 saturated carbocycles. The van der Waals surface area contributed by atoms with Crippen molar-refractivity contribution in [2.45, 2.75) is 44.9 Å². The van der Waals surface area contributed by atoms with Crippen molar-refractivity contribution in [1.82, 2.24) is 20.3 Å². The quantitative estimate of drug-likeness (QED) is 0.847. The van der Waals surface area contributed by atoms with E-state index in [-0.39, 0.29) is 25.9 Å². The zero-order valence-corrected chi connectivity index (χ0v) is 12.2. The lowest BCUT2D eigenvalue weighted by Gasteiger charge is -2.31. The summed E-state index contributed by atoms with van der Waals surface area (Å²) in [7, 11) is 0. The number of nitrogens with one attached hydrogen (secondary N) is 1. The Hall–Kier alpha value is -2.13. The molecule has 0 bridgehead atoms. The summed E-state index contributed by atoms with van der Waals surface area (Å²) in [5, 5.41) is 18.3. The van der Waals surface area contributed by atoms with Crippen LogP contribution in [0.5, 0.6) is 0 Å². The van der Waals surface area contributed by atoms with Gasteiger partial charge in [-0.15, -0.1) is 5.10 Å². The number of carbonyl (C=O) groups excluding carboxylic acids is 1. The van der Waals surface area contributed by atoms with Crippen LogP contribution in [0, 0.1) is 11.8 Å². The molecule has 1 aliphatic rings. The zero-order valence-electron chi connectivity index (χ0n) is 12.2. The molecule has 1 amide bonds. The number of aliphatic carboxylic acids is 1. The Morgan fingerprint density at radius 3 is 2.70 bits per heavy atom. The van der Waals surface area contributed by atoms with E-state index in [9.17, 15) is 22.8 Å². The smallest absolute Gasteiger partial charge is 0.392 e. The maximum Gasteiger partial charge on any atom is 0.392 e. The fourth-order valence-corrected chi connectivity index (χ4v) is 2.78. The molecule has 1 fully saturated rings. The van der Waals surface area contributed by atoms with E-state index < -0.39 is 29.9 Å². The first-order valence-electron chi connectivity index (χ1n) is 7.22. The van der Waals surface area contributed by atoms with Crippen molar-refractivity contribution in [2.75, 3.05) is 0 Å². The lowest BCUT2D eigenvalue weighted by atomic mass is 9.78. The van der Waals surface area contributed by atoms with Crippen LogP contribution >= 0.6 is 0 Å². The third kappa shape index (κ3) is 4.67. The third-order valence-electron chi connectivity index (χ3n) is 3.85. The molecule has 1 aromatic rings. The lowest BCUT2D eigenvalue weighted by Crippen LogP contribution is -2.42. The van der Waals surface area contributed by atoms with Crippen molar-refractivity contribution in [2.24, 2.45) is 11.8 Å². The van der Waals surface area contributed by atoms with Crippen LogP contribution in [0.25, 0.3) is 0 Å². The first-order chi connectivity index (χ1) is 10.8. The van der Waals surface area contributed by atoms with Gasteiger partial charge in [-0.05, 0) is 12.8 Å². The number of rotatable bonds is 5. The number of aromatic nitrogens is 3. The Morgan fingerprint density at radius 1 is 1.35 bits per heavy atom. The number of carboxylic acid groups (broad SMARTS) is 1. The highest BCUT2D eigenvalue weighted by molar-refractivity contribution is 5.79. The Labute approximate surface area is 129 Å². The van der Waals surface area contributed by atoms with E-state index in [0.29, 0.717) is 18.5 Å². The van der Waals surface area contributed by atoms with Crippen LogP contribution in [0.1, 0.15) is 31.4 Å². The topological polar surface area (TPSA) is 97.1 Å². The molecule has 2 unspecified atom stereocenters. The number of carboxylic acids is 1. The van der Waals surface area contributed by atoms with Gasteiger partial charge in [-0.1, -0.05) is 18.1 Å². The summed E-state index contributed by atoms with van der Waals surface area (Å²) in [6, 6.07) is 0. The predicted molar refractivity (Wildman–Crippen MR) is 71.0 cm³/mol. The number of hydrogen-bond donors (Lipinski definition) is 2. The van der Waals surface area contributed by atoms with Gasteiger partial charge in [-0.2, -0.15) is 13.2 Å². The standard InChI is InChI=1S/C13H17F3N4O3/c14-13(15,16)10-4-2-1-3-9(10)12(23)17-5-8-6-20(19-18-8)7-11(21)22/h6,9-10H,1-5,7H2,(H,17,23)(H,21,22). The highest BCUT2D eigenvalue weighted by Crippen LogP contribution is 2.41. The molecule has 0 aliphatic heterocycles. The van der Waals surface area contributed by atoms with E-state index in [0.717, 1.165) is 4.68 Å². The van der Waals surface area contributed by atoms with Gasteiger partial charge in [0.2, 0.25) is 5.91 Å². The molecule has 0 spiro atoms. The van der Waals surface area contributed by atoms with Gasteiger partial charge in [0.1, 0.15) is 12.2 Å². The average molecular weight is 334 g/mol. The van der Waals surface area contributed by atoms with E-state index in [4.69, 9.17) is 5.11 Å². The number of carbonyl (C=O) groups is 2. The molecule has 2 atom stereocenters. The largest absolute Gasteiger partial charge is 0.480 e. The zero-order chi connectivity index (χ0) is 17.0. The van der Waals surface area contributed by atoms with Crippen LogP contribution in [0.3, 0.4) is 0 Å². The SMILES string of the molecule is O=C(O)Cn1cc(CNC(=O)C2CCCCC2C(F)(F)F)nn1. The number of amides is 1. The monoisotopic (exact) mass is 334 g/mol. The van der Waals surface area contributed by atoms with Crippen LogP contribution in [0.2, 0.25) is 0 Å². The fraction of sp³-hybridized carbons (Fsp3) is 0.692. The van der Waals surface area contributed by atoms with Crippen LogP contribution in [0.15, 0.2) is 6.20 Å². The Balaban J connectivity index is 1.93. The maximum absolute atomic E-state index is 13.0. The summed E-state index contributed by atoms with van der Waals surface area (Å²) in [5.74, 6) is -4.45. The van der Waals surface area contributed by atoms with Crippen molar-refractivity contribution < 1.29 is 27.9 Å². The summed E-state index contributed by atoms with van der Waals surface area (Å²) in [4.78, 5) is 22.6. The average Bonchev–Trinajstić information content (AvgIpc) is 2.90. The molecular weight excluding hydrogens is 317 g/mol. The van der Waals surface area contributed by atoms with Crippen LogP contribution in [0.4, 0.5) is 13.2 Å². The van der Waals surface area contributed by atoms with Crippen molar-refractivity contribution in [3.05, 3.63) is 11.9 Å². The molecular formula is C13H17F3N4O3. The van der Waals surface area contributed by atoms with Crippen molar-refractivity contribution in [3.8, 4) is 0 Å². The molecule has 1 heterocycles. The summed E-state index contributed by atoms with van der Waals surface area (Å²) in [5.41, 5.74) is 0.291. The normalized spacial score (nSPS) is 21.9. The van der Waals surface area contributed by atoms with Crippen molar-refractivity contribution in [3.63, 3.8) is 0 Å². The second kappa shape index (κ2) is 6.97. The minimum absolute atomic E-state index is 0.0314. The molecule has 0 aromatic carbocycles. The number of nitrogens with zero attached hydrogens (tertiary/aromatic N) is 3. The number of hydrogen-bond acceptors (Lipinski definition) is 4. The van der Waals surface area contributed by atoms with E-state index in [1.807, 2.05) is 0 Å². The van der Waals surface area contributed by atoms with E-state index >= 15 is 0 Å². The van der Waals surface area contributed by atoms with Crippen molar-refractivity contribution in [1.29, 1.82) is 0 Å². The summed E-state index contributed by atoms with van der Waals surface area (Å²) in [6.45, 7) is -0.459. The van der Waals surface area contributed by atoms with Gasteiger partial charge in [0.15, 0.2) is 0 Å². The lowest BCUT2D eigenvalue weighted by molar-refractivity contribution is -0.198. The highest BCUT2D eigenvalue weighted by Gasteiger charge is 2.47. The van der Waals surface area contributed by atoms with Crippen LogP contribution < -0.4 is 5.32 Å². The second-order valence-electron chi connectivity index (χ2n) is 5.56. The maximum atomic E-state index is 13.0. The molecule has 10 heteroatoms. The fourth-order valence-electron chi connectivity index (χ4n) is 2.78. The van der Waals surface area contributed by atoms with E-state index in [1.54, 1.807) is 0 Å². The van der Waals surface area contributed by atoms with Gasteiger partial charge >= 0.3 is 12.1 Å². The molecule has 23 heavy (non-hydrogen) atoms. The van der Waals surface area contributed by atoms with E-state index in [1.165, 1.54) is 6.20 Å². The van der Waals surface area contributed by atoms with Gasteiger partial charge in [-0.25, -0.2) is 4.68 Å². The van der Waals surface area contributed by atoms with Gasteiger partial charge in [0, 0.05) is 5.92 Å². The Kier molecular flexibility index (Phi) is 5.22. The highest BCUT2D eigenvalue weighted by atomic mass is 19.4. The predicted octanol–water partition coefficient (Wildman–Crippen LogP) is 1.35. The van der Waals surface area contributed by atoms with Gasteiger partial charge < -0.3 is 10.4 Å². The Morgan fingerprint density at radius 2 is 2.04 bits per heavy atom. The molecule has 2 rings (SSSR count). The first kappa shape index (κ1) is 17.2. The summed E-state index contributed by atoms with van der Waals surface area (Å²) >= 11 is 0. The molecule has 2 N–H and O–H groups in total. The molecule has 1 aliphatic carbocycles. The summed E-state index contributed by atoms with van der Waals surface area (Å²) in [6.07, 6.45) is -1.81. The van der Waals surface area contributed by atoms with Gasteiger partial charge in [0.25, 0.3) is 0 Å². The Bertz CT molecular complexity index is 573. The minimum Gasteiger partial charge on any atom is -0.480 e. The molecule has 7 nitrogen and oxygen atoms in total. The van der Waals surface area contributed by atoms with Gasteiger partial charge in [-0.3, -0.25) is 9.59 Å². The number of alkyl halides is 3. The molecule has 1 aromatic heterocycles. The second-order valence-corrected chi connectivity index (χ2v) is 5.56. The van der Waals surface area contributed by atoms with Crippen LogP contribution in [-0.4, -0.2) is 38.2 Å².